The molecule has 2 rings (SSSR count). The molecule has 0 radical (unpaired) electrons. The summed E-state index contributed by atoms with van der Waals surface area (Å²) in [5, 5.41) is 0.851. The molecule has 1 atom stereocenters. The van der Waals surface area contributed by atoms with Crippen molar-refractivity contribution in [2.24, 2.45) is 0 Å². The molecule has 0 saturated heterocycles. The van der Waals surface area contributed by atoms with Gasteiger partial charge < -0.3 is 13.9 Å². The Balaban J connectivity index is 2.18. The maximum atomic E-state index is 11.5. The monoisotopic (exact) mass is 234 g/mol. The largest absolute Gasteiger partial charge is 0.478 e. The van der Waals surface area contributed by atoms with E-state index in [4.69, 9.17) is 13.9 Å². The fourth-order valence-corrected chi connectivity index (χ4v) is 1.57. The van der Waals surface area contributed by atoms with E-state index in [9.17, 15) is 4.79 Å². The molecule has 4 nitrogen and oxygen atoms in total. The minimum absolute atomic E-state index is 0.350. The average molecular weight is 234 g/mol. The van der Waals surface area contributed by atoms with Crippen LogP contribution in [0.1, 0.15) is 13.8 Å². The van der Waals surface area contributed by atoms with Crippen molar-refractivity contribution < 1.29 is 18.7 Å². The van der Waals surface area contributed by atoms with Crippen molar-refractivity contribution in [1.29, 1.82) is 0 Å². The molecule has 0 aliphatic rings. The molecule has 4 heteroatoms. The summed E-state index contributed by atoms with van der Waals surface area (Å²) in [6.07, 6.45) is 0.961. The van der Waals surface area contributed by atoms with Gasteiger partial charge in [0.05, 0.1) is 18.3 Å². The van der Waals surface area contributed by atoms with E-state index in [1.165, 1.54) is 0 Å². The zero-order valence-electron chi connectivity index (χ0n) is 9.80. The summed E-state index contributed by atoms with van der Waals surface area (Å²) in [5.74, 6) is 0.254. The summed E-state index contributed by atoms with van der Waals surface area (Å²) in [4.78, 5) is 11.5. The third-order valence-corrected chi connectivity index (χ3v) is 2.38. The van der Waals surface area contributed by atoms with Crippen LogP contribution in [0.2, 0.25) is 0 Å². The van der Waals surface area contributed by atoms with Crippen molar-refractivity contribution >= 4 is 16.9 Å². The first kappa shape index (κ1) is 11.5. The van der Waals surface area contributed by atoms with E-state index in [1.54, 1.807) is 26.2 Å². The highest BCUT2D eigenvalue weighted by atomic mass is 16.6. The van der Waals surface area contributed by atoms with Gasteiger partial charge in [0.25, 0.3) is 0 Å². The van der Waals surface area contributed by atoms with Crippen LogP contribution >= 0.6 is 0 Å². The number of ether oxygens (including phenoxy) is 2. The third-order valence-electron chi connectivity index (χ3n) is 2.38. The van der Waals surface area contributed by atoms with Crippen LogP contribution in [0.5, 0.6) is 5.75 Å². The lowest BCUT2D eigenvalue weighted by molar-refractivity contribution is -0.150. The summed E-state index contributed by atoms with van der Waals surface area (Å²) in [6.45, 7) is 3.78. The summed E-state index contributed by atoms with van der Waals surface area (Å²) in [7, 11) is 0. The molecule has 17 heavy (non-hydrogen) atoms. The van der Waals surface area contributed by atoms with Gasteiger partial charge in [0.1, 0.15) is 11.3 Å². The Morgan fingerprint density at radius 3 is 3.00 bits per heavy atom. The molecule has 0 bridgehead atoms. The lowest BCUT2D eigenvalue weighted by atomic mass is 10.2. The predicted molar refractivity (Wildman–Crippen MR) is 62.9 cm³/mol. The Morgan fingerprint density at radius 2 is 2.24 bits per heavy atom. The Bertz CT molecular complexity index is 515. The number of hydrogen-bond acceptors (Lipinski definition) is 4. The maximum Gasteiger partial charge on any atom is 0.347 e. The van der Waals surface area contributed by atoms with E-state index in [1.807, 2.05) is 18.2 Å². The van der Waals surface area contributed by atoms with Crippen LogP contribution in [-0.4, -0.2) is 18.7 Å². The second kappa shape index (κ2) is 4.91. The number of fused-ring (bicyclic) bond motifs is 1. The molecule has 0 amide bonds. The smallest absolute Gasteiger partial charge is 0.347 e. The molecule has 0 saturated carbocycles. The fourth-order valence-electron chi connectivity index (χ4n) is 1.57. The quantitative estimate of drug-likeness (QED) is 0.763. The third kappa shape index (κ3) is 2.41. The number of furan rings is 1. The van der Waals surface area contributed by atoms with Crippen LogP contribution in [0, 0.1) is 0 Å². The van der Waals surface area contributed by atoms with Gasteiger partial charge in [-0.2, -0.15) is 0 Å². The highest BCUT2D eigenvalue weighted by Gasteiger charge is 2.17. The molecular formula is C13H14O4. The van der Waals surface area contributed by atoms with Gasteiger partial charge in [-0.3, -0.25) is 0 Å². The van der Waals surface area contributed by atoms with Gasteiger partial charge in [0.2, 0.25) is 0 Å². The van der Waals surface area contributed by atoms with E-state index < -0.39 is 6.10 Å². The van der Waals surface area contributed by atoms with Crippen molar-refractivity contribution in [3.05, 3.63) is 30.5 Å². The molecule has 1 aromatic carbocycles. The van der Waals surface area contributed by atoms with Gasteiger partial charge in [-0.05, 0) is 32.0 Å². The van der Waals surface area contributed by atoms with Crippen molar-refractivity contribution in [3.8, 4) is 5.75 Å². The Morgan fingerprint density at radius 1 is 1.41 bits per heavy atom. The molecule has 0 N–H and O–H groups in total. The van der Waals surface area contributed by atoms with E-state index in [-0.39, 0.29) is 5.97 Å². The number of carbonyl (C=O) groups excluding carboxylic acids is 1. The van der Waals surface area contributed by atoms with Gasteiger partial charge >= 0.3 is 5.97 Å². The lowest BCUT2D eigenvalue weighted by Crippen LogP contribution is -2.26. The molecule has 1 aromatic heterocycles. The molecule has 1 heterocycles. The molecule has 0 spiro atoms. The number of carbonyl (C=O) groups is 1. The zero-order valence-corrected chi connectivity index (χ0v) is 9.80. The van der Waals surface area contributed by atoms with Gasteiger partial charge in [-0.15, -0.1) is 0 Å². The normalized spacial score (nSPS) is 12.4. The van der Waals surface area contributed by atoms with E-state index in [0.717, 1.165) is 11.0 Å². The molecule has 0 aliphatic carbocycles. The SMILES string of the molecule is CCOC(=O)C(C)Oc1cccc2occc12. The fraction of sp³-hybridized carbons (Fsp3) is 0.308. The summed E-state index contributed by atoms with van der Waals surface area (Å²) < 4.78 is 15.7. The predicted octanol–water partition coefficient (Wildman–Crippen LogP) is 2.76. The minimum Gasteiger partial charge on any atom is -0.478 e. The molecule has 0 fully saturated rings. The van der Waals surface area contributed by atoms with Crippen LogP contribution in [0.15, 0.2) is 34.9 Å². The molecule has 2 aromatic rings. The minimum atomic E-state index is -0.629. The first-order valence-electron chi connectivity index (χ1n) is 5.52. The highest BCUT2D eigenvalue weighted by molar-refractivity contribution is 5.84. The van der Waals surface area contributed by atoms with Gasteiger partial charge in [-0.25, -0.2) is 4.79 Å². The number of hydrogen-bond donors (Lipinski definition) is 0. The van der Waals surface area contributed by atoms with Gasteiger partial charge in [-0.1, -0.05) is 6.07 Å². The van der Waals surface area contributed by atoms with Crippen molar-refractivity contribution in [1.82, 2.24) is 0 Å². The average Bonchev–Trinajstić information content (AvgIpc) is 2.78. The van der Waals surface area contributed by atoms with Crippen molar-refractivity contribution in [3.63, 3.8) is 0 Å². The maximum absolute atomic E-state index is 11.5. The number of rotatable bonds is 4. The Kier molecular flexibility index (Phi) is 3.32. The molecular weight excluding hydrogens is 220 g/mol. The van der Waals surface area contributed by atoms with E-state index in [0.29, 0.717) is 12.4 Å². The zero-order chi connectivity index (χ0) is 12.3. The second-order valence-electron chi connectivity index (χ2n) is 3.60. The number of esters is 1. The first-order chi connectivity index (χ1) is 8.22. The van der Waals surface area contributed by atoms with Crippen LogP contribution in [0.25, 0.3) is 11.0 Å². The highest BCUT2D eigenvalue weighted by Crippen LogP contribution is 2.27. The van der Waals surface area contributed by atoms with Crippen LogP contribution in [0.3, 0.4) is 0 Å². The molecule has 1 unspecified atom stereocenters. The van der Waals surface area contributed by atoms with E-state index in [2.05, 4.69) is 0 Å². The number of benzene rings is 1. The summed E-state index contributed by atoms with van der Waals surface area (Å²) >= 11 is 0. The first-order valence-corrected chi connectivity index (χ1v) is 5.52. The topological polar surface area (TPSA) is 48.7 Å². The van der Waals surface area contributed by atoms with Crippen LogP contribution in [0.4, 0.5) is 0 Å². The van der Waals surface area contributed by atoms with Gasteiger partial charge in [0.15, 0.2) is 6.10 Å². The van der Waals surface area contributed by atoms with Crippen LogP contribution < -0.4 is 4.74 Å². The lowest BCUT2D eigenvalue weighted by Gasteiger charge is -2.13. The Labute approximate surface area is 99.1 Å². The summed E-state index contributed by atoms with van der Waals surface area (Å²) in [5.41, 5.74) is 0.735. The van der Waals surface area contributed by atoms with Crippen molar-refractivity contribution in [2.75, 3.05) is 6.61 Å². The molecule has 90 valence electrons. The summed E-state index contributed by atoms with van der Waals surface area (Å²) in [6, 6.07) is 7.27. The standard InChI is InChI=1S/C13H14O4/c1-3-15-13(14)9(2)17-12-6-4-5-11-10(12)7-8-16-11/h4-9H,3H2,1-2H3. The van der Waals surface area contributed by atoms with Crippen molar-refractivity contribution in [2.45, 2.75) is 20.0 Å². The van der Waals surface area contributed by atoms with Gasteiger partial charge in [0, 0.05) is 0 Å². The van der Waals surface area contributed by atoms with Crippen LogP contribution in [-0.2, 0) is 9.53 Å². The van der Waals surface area contributed by atoms with E-state index >= 15 is 0 Å². The molecule has 0 aliphatic heterocycles. The second-order valence-corrected chi connectivity index (χ2v) is 3.60. The Hall–Kier alpha value is -1.97.